The van der Waals surface area contributed by atoms with Gasteiger partial charge < -0.3 is 10.6 Å². The third-order valence-electron chi connectivity index (χ3n) is 4.10. The summed E-state index contributed by atoms with van der Waals surface area (Å²) >= 11 is 0. The van der Waals surface area contributed by atoms with E-state index in [1.807, 2.05) is 0 Å². The molecule has 0 heterocycles. The molecule has 2 aliphatic carbocycles. The number of hydrogen-bond acceptors (Lipinski definition) is 2. The molecule has 0 aromatic rings. The van der Waals surface area contributed by atoms with E-state index in [1.165, 1.54) is 25.7 Å². The standard InChI is InChI=1S/C16H28N2O2/c19-15(13-7-8-13)17-11-5-3-1-2-4-6-12-18-16(20)14-9-10-14/h13-14H,1-12H2,(H,17,19)(H,18,20). The van der Waals surface area contributed by atoms with Gasteiger partial charge >= 0.3 is 0 Å². The number of rotatable bonds is 11. The summed E-state index contributed by atoms with van der Waals surface area (Å²) in [4.78, 5) is 22.7. The highest BCUT2D eigenvalue weighted by Crippen LogP contribution is 2.29. The third kappa shape index (κ3) is 6.40. The molecule has 4 heteroatoms. The van der Waals surface area contributed by atoms with Crippen LogP contribution < -0.4 is 10.6 Å². The van der Waals surface area contributed by atoms with Crippen molar-refractivity contribution in [1.29, 1.82) is 0 Å². The van der Waals surface area contributed by atoms with Crippen molar-refractivity contribution < 1.29 is 9.59 Å². The summed E-state index contributed by atoms with van der Waals surface area (Å²) in [6.45, 7) is 1.68. The molecule has 2 amide bonds. The second kappa shape index (κ2) is 8.28. The molecule has 0 aromatic heterocycles. The molecular formula is C16H28N2O2. The van der Waals surface area contributed by atoms with Gasteiger partial charge in [-0.1, -0.05) is 25.7 Å². The maximum Gasteiger partial charge on any atom is 0.223 e. The minimum atomic E-state index is 0.261. The highest BCUT2D eigenvalue weighted by molar-refractivity contribution is 5.81. The molecule has 0 spiro atoms. The fourth-order valence-corrected chi connectivity index (χ4v) is 2.36. The second-order valence-electron chi connectivity index (χ2n) is 6.25. The lowest BCUT2D eigenvalue weighted by molar-refractivity contribution is -0.123. The lowest BCUT2D eigenvalue weighted by Gasteiger charge is -2.05. The average Bonchev–Trinajstić information content (AvgIpc) is 3.32. The molecule has 0 saturated heterocycles. The van der Waals surface area contributed by atoms with Gasteiger partial charge in [0.25, 0.3) is 0 Å². The summed E-state index contributed by atoms with van der Waals surface area (Å²) in [5.74, 6) is 1.19. The molecule has 20 heavy (non-hydrogen) atoms. The van der Waals surface area contributed by atoms with Gasteiger partial charge in [-0.3, -0.25) is 9.59 Å². The molecule has 4 nitrogen and oxygen atoms in total. The van der Waals surface area contributed by atoms with Crippen molar-refractivity contribution in [2.45, 2.75) is 64.2 Å². The van der Waals surface area contributed by atoms with Gasteiger partial charge in [-0.05, 0) is 38.5 Å². The molecule has 2 saturated carbocycles. The van der Waals surface area contributed by atoms with Crippen LogP contribution >= 0.6 is 0 Å². The normalized spacial score (nSPS) is 17.8. The zero-order valence-corrected chi connectivity index (χ0v) is 12.5. The number of amides is 2. The van der Waals surface area contributed by atoms with Crippen LogP contribution in [0, 0.1) is 11.8 Å². The molecule has 2 N–H and O–H groups in total. The first-order valence-electron chi connectivity index (χ1n) is 8.33. The van der Waals surface area contributed by atoms with E-state index in [2.05, 4.69) is 10.6 Å². The Balaban J connectivity index is 1.28. The largest absolute Gasteiger partial charge is 0.356 e. The zero-order valence-electron chi connectivity index (χ0n) is 12.5. The highest BCUT2D eigenvalue weighted by atomic mass is 16.2. The van der Waals surface area contributed by atoms with Crippen molar-refractivity contribution in [2.24, 2.45) is 11.8 Å². The maximum absolute atomic E-state index is 11.4. The van der Waals surface area contributed by atoms with Gasteiger partial charge in [0.05, 0.1) is 0 Å². The molecule has 0 aliphatic heterocycles. The Labute approximate surface area is 122 Å². The summed E-state index contributed by atoms with van der Waals surface area (Å²) in [5, 5.41) is 6.00. The van der Waals surface area contributed by atoms with E-state index in [-0.39, 0.29) is 11.8 Å². The fourth-order valence-electron chi connectivity index (χ4n) is 2.36. The summed E-state index contributed by atoms with van der Waals surface area (Å²) in [6, 6.07) is 0. The van der Waals surface area contributed by atoms with Gasteiger partial charge in [-0.15, -0.1) is 0 Å². The average molecular weight is 280 g/mol. The van der Waals surface area contributed by atoms with Crippen LogP contribution in [-0.4, -0.2) is 24.9 Å². The number of hydrogen-bond donors (Lipinski definition) is 2. The summed E-state index contributed by atoms with van der Waals surface area (Å²) in [6.07, 6.45) is 11.4. The number of nitrogens with one attached hydrogen (secondary N) is 2. The van der Waals surface area contributed by atoms with Crippen LogP contribution in [0.2, 0.25) is 0 Å². The molecule has 2 aliphatic rings. The van der Waals surface area contributed by atoms with Gasteiger partial charge in [0, 0.05) is 24.9 Å². The maximum atomic E-state index is 11.4. The first-order valence-corrected chi connectivity index (χ1v) is 8.33. The number of unbranched alkanes of at least 4 members (excludes halogenated alkanes) is 5. The van der Waals surface area contributed by atoms with Gasteiger partial charge in [0.15, 0.2) is 0 Å². The molecular weight excluding hydrogens is 252 g/mol. The topological polar surface area (TPSA) is 58.2 Å². The van der Waals surface area contributed by atoms with Crippen LogP contribution in [0.4, 0.5) is 0 Å². The summed E-state index contributed by atoms with van der Waals surface area (Å²) < 4.78 is 0. The van der Waals surface area contributed by atoms with E-state index in [0.29, 0.717) is 11.8 Å². The van der Waals surface area contributed by atoms with Gasteiger partial charge in [-0.2, -0.15) is 0 Å². The van der Waals surface area contributed by atoms with Gasteiger partial charge in [0.1, 0.15) is 0 Å². The molecule has 114 valence electrons. The molecule has 0 aromatic carbocycles. The predicted molar refractivity (Wildman–Crippen MR) is 79.2 cm³/mol. The second-order valence-corrected chi connectivity index (χ2v) is 6.25. The van der Waals surface area contributed by atoms with E-state index < -0.39 is 0 Å². The van der Waals surface area contributed by atoms with Crippen molar-refractivity contribution in [3.63, 3.8) is 0 Å². The Bertz CT molecular complexity index is 290. The van der Waals surface area contributed by atoms with E-state index in [1.54, 1.807) is 0 Å². The van der Waals surface area contributed by atoms with E-state index >= 15 is 0 Å². The molecule has 2 fully saturated rings. The lowest BCUT2D eigenvalue weighted by atomic mass is 10.1. The Kier molecular flexibility index (Phi) is 6.34. The monoisotopic (exact) mass is 280 g/mol. The van der Waals surface area contributed by atoms with Crippen LogP contribution in [-0.2, 0) is 9.59 Å². The van der Waals surface area contributed by atoms with Crippen molar-refractivity contribution in [2.75, 3.05) is 13.1 Å². The smallest absolute Gasteiger partial charge is 0.223 e. The molecule has 0 unspecified atom stereocenters. The van der Waals surface area contributed by atoms with Crippen molar-refractivity contribution in [3.05, 3.63) is 0 Å². The van der Waals surface area contributed by atoms with Crippen LogP contribution in [0.3, 0.4) is 0 Å². The zero-order chi connectivity index (χ0) is 14.2. The summed E-state index contributed by atoms with van der Waals surface area (Å²) in [7, 11) is 0. The van der Waals surface area contributed by atoms with E-state index in [0.717, 1.165) is 51.6 Å². The molecule has 0 radical (unpaired) electrons. The Hall–Kier alpha value is -1.06. The number of carbonyl (C=O) groups is 2. The van der Waals surface area contributed by atoms with Crippen molar-refractivity contribution in [3.8, 4) is 0 Å². The van der Waals surface area contributed by atoms with Crippen LogP contribution in [0.1, 0.15) is 64.2 Å². The molecule has 0 atom stereocenters. The Morgan fingerprint density at radius 3 is 1.35 bits per heavy atom. The minimum absolute atomic E-state index is 0.261. The van der Waals surface area contributed by atoms with Gasteiger partial charge in [-0.25, -0.2) is 0 Å². The lowest BCUT2D eigenvalue weighted by Crippen LogP contribution is -2.25. The van der Waals surface area contributed by atoms with Crippen LogP contribution in [0.15, 0.2) is 0 Å². The van der Waals surface area contributed by atoms with Crippen molar-refractivity contribution in [1.82, 2.24) is 10.6 Å². The molecule has 2 rings (SSSR count). The van der Waals surface area contributed by atoms with Crippen LogP contribution in [0.25, 0.3) is 0 Å². The van der Waals surface area contributed by atoms with Gasteiger partial charge in [0.2, 0.25) is 11.8 Å². The molecule has 0 bridgehead atoms. The fraction of sp³-hybridized carbons (Fsp3) is 0.875. The minimum Gasteiger partial charge on any atom is -0.356 e. The van der Waals surface area contributed by atoms with E-state index in [4.69, 9.17) is 0 Å². The highest BCUT2D eigenvalue weighted by Gasteiger charge is 2.29. The quantitative estimate of drug-likeness (QED) is 0.571. The SMILES string of the molecule is O=C(NCCCCCCCCNC(=O)C1CC1)C1CC1. The first-order chi connectivity index (χ1) is 9.77. The summed E-state index contributed by atoms with van der Waals surface area (Å²) in [5.41, 5.74) is 0. The Morgan fingerprint density at radius 2 is 1.00 bits per heavy atom. The predicted octanol–water partition coefficient (Wildman–Crippen LogP) is 2.38. The number of carbonyl (C=O) groups excluding carboxylic acids is 2. The first kappa shape index (κ1) is 15.3. The van der Waals surface area contributed by atoms with Crippen LogP contribution in [0.5, 0.6) is 0 Å². The Morgan fingerprint density at radius 1 is 0.650 bits per heavy atom. The third-order valence-corrected chi connectivity index (χ3v) is 4.10. The van der Waals surface area contributed by atoms with Crippen molar-refractivity contribution >= 4 is 11.8 Å². The van der Waals surface area contributed by atoms with E-state index in [9.17, 15) is 9.59 Å².